The van der Waals surface area contributed by atoms with Crippen LogP contribution in [-0.2, 0) is 11.2 Å². The molecule has 0 amide bonds. The molecule has 0 unspecified atom stereocenters. The van der Waals surface area contributed by atoms with Gasteiger partial charge in [0.1, 0.15) is 11.5 Å². The van der Waals surface area contributed by atoms with Crippen LogP contribution in [-0.4, -0.2) is 10.9 Å². The van der Waals surface area contributed by atoms with Crippen LogP contribution in [0.2, 0.25) is 0 Å². The van der Waals surface area contributed by atoms with Crippen molar-refractivity contribution in [3.8, 4) is 5.75 Å². The molecule has 0 aliphatic rings. The average Bonchev–Trinajstić information content (AvgIpc) is 2.12. The van der Waals surface area contributed by atoms with E-state index in [2.05, 4.69) is 0 Å². The molecule has 0 atom stereocenters. The van der Waals surface area contributed by atoms with E-state index in [1.54, 1.807) is 6.92 Å². The van der Waals surface area contributed by atoms with Crippen molar-refractivity contribution in [3.05, 3.63) is 29.3 Å². The molecule has 0 bridgehead atoms. The highest BCUT2D eigenvalue weighted by Gasteiger charge is 2.03. The molecule has 1 aromatic carbocycles. The first-order chi connectivity index (χ1) is 6.61. The highest BCUT2D eigenvalue weighted by atomic mass is 16.3. The predicted octanol–water partition coefficient (Wildman–Crippen LogP) is 2.61. The van der Waals surface area contributed by atoms with Crippen molar-refractivity contribution in [2.24, 2.45) is 0 Å². The van der Waals surface area contributed by atoms with Crippen LogP contribution in [0.25, 0.3) is 0 Å². The van der Waals surface area contributed by atoms with E-state index in [0.717, 1.165) is 24.0 Å². The first-order valence-corrected chi connectivity index (χ1v) is 4.88. The Labute approximate surface area is 84.6 Å². The number of para-hydroxylation sites is 1. The molecule has 0 aliphatic carbocycles. The number of rotatable bonds is 4. The number of aryl methyl sites for hydroxylation is 2. The first-order valence-electron chi connectivity index (χ1n) is 4.88. The molecule has 0 heterocycles. The Balaban J connectivity index is 2.59. The summed E-state index contributed by atoms with van der Waals surface area (Å²) in [6, 6.07) is 5.71. The fourth-order valence-corrected chi connectivity index (χ4v) is 1.45. The second-order valence-corrected chi connectivity index (χ2v) is 3.64. The fourth-order valence-electron chi connectivity index (χ4n) is 1.45. The lowest BCUT2D eigenvalue weighted by atomic mass is 10.0. The topological polar surface area (TPSA) is 37.3 Å². The molecule has 0 saturated carbocycles. The Morgan fingerprint density at radius 3 is 2.79 bits per heavy atom. The summed E-state index contributed by atoms with van der Waals surface area (Å²) in [4.78, 5) is 10.7. The first kappa shape index (κ1) is 10.8. The van der Waals surface area contributed by atoms with Crippen LogP contribution in [0.4, 0.5) is 0 Å². The third-order valence-corrected chi connectivity index (χ3v) is 2.30. The monoisotopic (exact) mass is 192 g/mol. The van der Waals surface area contributed by atoms with Gasteiger partial charge in [0, 0.05) is 6.42 Å². The second-order valence-electron chi connectivity index (χ2n) is 3.64. The summed E-state index contributed by atoms with van der Waals surface area (Å²) in [6.45, 7) is 3.47. The molecular formula is C12H16O2. The predicted molar refractivity (Wildman–Crippen MR) is 56.5 cm³/mol. The SMILES string of the molecule is CC(=O)CCCc1cccc(C)c1O. The van der Waals surface area contributed by atoms with Crippen LogP contribution in [0.3, 0.4) is 0 Å². The van der Waals surface area contributed by atoms with Gasteiger partial charge in [-0.1, -0.05) is 18.2 Å². The van der Waals surface area contributed by atoms with Crippen molar-refractivity contribution < 1.29 is 9.90 Å². The number of Topliss-reactive ketones (excluding diaryl/α,β-unsaturated/α-hetero) is 1. The Bertz CT molecular complexity index is 329. The Morgan fingerprint density at radius 2 is 2.14 bits per heavy atom. The van der Waals surface area contributed by atoms with Crippen molar-refractivity contribution in [2.45, 2.75) is 33.1 Å². The number of benzene rings is 1. The molecule has 0 radical (unpaired) electrons. The summed E-state index contributed by atoms with van der Waals surface area (Å²) >= 11 is 0. The van der Waals surface area contributed by atoms with E-state index >= 15 is 0 Å². The number of phenols is 1. The minimum absolute atomic E-state index is 0.206. The van der Waals surface area contributed by atoms with Crippen LogP contribution in [0.1, 0.15) is 30.9 Å². The van der Waals surface area contributed by atoms with Gasteiger partial charge in [-0.3, -0.25) is 0 Å². The molecule has 1 N–H and O–H groups in total. The number of aromatic hydroxyl groups is 1. The van der Waals surface area contributed by atoms with Crippen molar-refractivity contribution in [1.29, 1.82) is 0 Å². The molecule has 0 aromatic heterocycles. The second kappa shape index (κ2) is 4.80. The summed E-state index contributed by atoms with van der Waals surface area (Å²) in [7, 11) is 0. The van der Waals surface area contributed by atoms with Crippen molar-refractivity contribution in [1.82, 2.24) is 0 Å². The number of ketones is 1. The Kier molecular flexibility index (Phi) is 3.69. The van der Waals surface area contributed by atoms with Gasteiger partial charge in [-0.25, -0.2) is 0 Å². The van der Waals surface area contributed by atoms with Crippen molar-refractivity contribution in [3.63, 3.8) is 0 Å². The number of hydrogen-bond acceptors (Lipinski definition) is 2. The van der Waals surface area contributed by atoms with Gasteiger partial charge in [0.15, 0.2) is 0 Å². The van der Waals surface area contributed by atoms with E-state index in [1.165, 1.54) is 0 Å². The molecule has 2 nitrogen and oxygen atoms in total. The number of carbonyl (C=O) groups is 1. The fraction of sp³-hybridized carbons (Fsp3) is 0.417. The lowest BCUT2D eigenvalue weighted by molar-refractivity contribution is -0.117. The normalized spacial score (nSPS) is 10.1. The van der Waals surface area contributed by atoms with Gasteiger partial charge in [-0.15, -0.1) is 0 Å². The lowest BCUT2D eigenvalue weighted by Gasteiger charge is -2.05. The molecule has 0 spiro atoms. The minimum Gasteiger partial charge on any atom is -0.507 e. The van der Waals surface area contributed by atoms with Gasteiger partial charge in [0.2, 0.25) is 0 Å². The molecule has 0 fully saturated rings. The highest BCUT2D eigenvalue weighted by molar-refractivity contribution is 5.75. The largest absolute Gasteiger partial charge is 0.507 e. The van der Waals surface area contributed by atoms with Gasteiger partial charge in [-0.05, 0) is 37.8 Å². The molecule has 1 rings (SSSR count). The lowest BCUT2D eigenvalue weighted by Crippen LogP contribution is -1.93. The van der Waals surface area contributed by atoms with Crippen molar-refractivity contribution >= 4 is 5.78 Å². The summed E-state index contributed by atoms with van der Waals surface area (Å²) in [5.74, 6) is 0.577. The van der Waals surface area contributed by atoms with E-state index in [9.17, 15) is 9.90 Å². The molecular weight excluding hydrogens is 176 g/mol. The maximum atomic E-state index is 10.7. The van der Waals surface area contributed by atoms with Crippen LogP contribution in [0.15, 0.2) is 18.2 Å². The maximum absolute atomic E-state index is 10.7. The summed E-state index contributed by atoms with van der Waals surface area (Å²) in [5.41, 5.74) is 1.83. The van der Waals surface area contributed by atoms with Gasteiger partial charge >= 0.3 is 0 Å². The van der Waals surface area contributed by atoms with Crippen LogP contribution >= 0.6 is 0 Å². The zero-order chi connectivity index (χ0) is 10.6. The summed E-state index contributed by atoms with van der Waals surface area (Å²) in [6.07, 6.45) is 2.17. The summed E-state index contributed by atoms with van der Waals surface area (Å²) < 4.78 is 0. The quantitative estimate of drug-likeness (QED) is 0.796. The zero-order valence-electron chi connectivity index (χ0n) is 8.71. The van der Waals surface area contributed by atoms with Gasteiger partial charge < -0.3 is 9.90 Å². The molecule has 14 heavy (non-hydrogen) atoms. The average molecular weight is 192 g/mol. The molecule has 76 valence electrons. The van der Waals surface area contributed by atoms with E-state index in [1.807, 2.05) is 25.1 Å². The smallest absolute Gasteiger partial charge is 0.129 e. The Morgan fingerprint density at radius 1 is 1.43 bits per heavy atom. The van der Waals surface area contributed by atoms with E-state index < -0.39 is 0 Å². The zero-order valence-corrected chi connectivity index (χ0v) is 8.71. The van der Waals surface area contributed by atoms with Gasteiger partial charge in [0.05, 0.1) is 0 Å². The molecule has 0 aliphatic heterocycles. The third kappa shape index (κ3) is 2.87. The minimum atomic E-state index is 0.206. The van der Waals surface area contributed by atoms with Crippen LogP contribution in [0.5, 0.6) is 5.75 Å². The number of carbonyl (C=O) groups excluding carboxylic acids is 1. The van der Waals surface area contributed by atoms with Gasteiger partial charge in [0.25, 0.3) is 0 Å². The molecule has 2 heteroatoms. The number of phenolic OH excluding ortho intramolecular Hbond substituents is 1. The maximum Gasteiger partial charge on any atom is 0.129 e. The molecule has 1 aromatic rings. The van der Waals surface area contributed by atoms with Crippen molar-refractivity contribution in [2.75, 3.05) is 0 Å². The van der Waals surface area contributed by atoms with E-state index in [4.69, 9.17) is 0 Å². The van der Waals surface area contributed by atoms with Gasteiger partial charge in [-0.2, -0.15) is 0 Å². The number of hydrogen-bond donors (Lipinski definition) is 1. The van der Waals surface area contributed by atoms with Crippen LogP contribution in [0, 0.1) is 6.92 Å². The Hall–Kier alpha value is -1.31. The van der Waals surface area contributed by atoms with Crippen LogP contribution < -0.4 is 0 Å². The molecule has 0 saturated heterocycles. The summed E-state index contributed by atoms with van der Waals surface area (Å²) in [5, 5.41) is 9.68. The standard InChI is InChI=1S/C12H16O2/c1-9-5-3-7-11(12(9)14)8-4-6-10(2)13/h3,5,7,14H,4,6,8H2,1-2H3. The highest BCUT2D eigenvalue weighted by Crippen LogP contribution is 2.22. The van der Waals surface area contributed by atoms with E-state index in [0.29, 0.717) is 12.2 Å². The van der Waals surface area contributed by atoms with E-state index in [-0.39, 0.29) is 5.78 Å². The third-order valence-electron chi connectivity index (χ3n) is 2.30.